The van der Waals surface area contributed by atoms with Gasteiger partial charge in [0.15, 0.2) is 0 Å². The van der Waals surface area contributed by atoms with Gasteiger partial charge in [0.1, 0.15) is 5.82 Å². The van der Waals surface area contributed by atoms with E-state index in [0.717, 1.165) is 29.8 Å². The van der Waals surface area contributed by atoms with Crippen LogP contribution in [-0.2, 0) is 6.54 Å². The van der Waals surface area contributed by atoms with E-state index >= 15 is 0 Å². The molecule has 0 amide bonds. The molecule has 1 heterocycles. The van der Waals surface area contributed by atoms with Gasteiger partial charge in [-0.05, 0) is 31.7 Å². The maximum Gasteiger partial charge on any atom is 0.127 e. The number of imidazole rings is 1. The number of aromatic nitrogens is 2. The van der Waals surface area contributed by atoms with Gasteiger partial charge in [0.25, 0.3) is 0 Å². The minimum Gasteiger partial charge on any atom is -0.327 e. The Kier molecular flexibility index (Phi) is 5.52. The average molecular weight is 352 g/mol. The van der Waals surface area contributed by atoms with Crippen LogP contribution in [0.5, 0.6) is 0 Å². The van der Waals surface area contributed by atoms with Crippen molar-refractivity contribution in [3.05, 3.63) is 28.0 Å². The number of rotatable bonds is 5. The minimum atomic E-state index is -0.149. The van der Waals surface area contributed by atoms with E-state index in [4.69, 9.17) is 34.8 Å². The van der Waals surface area contributed by atoms with Crippen LogP contribution in [0.15, 0.2) is 12.1 Å². The highest BCUT2D eigenvalue weighted by Gasteiger charge is 2.17. The fourth-order valence-electron chi connectivity index (χ4n) is 2.11. The molecule has 2 atom stereocenters. The zero-order chi connectivity index (χ0) is 14.9. The largest absolute Gasteiger partial charge is 0.327 e. The monoisotopic (exact) mass is 350 g/mol. The SMILES string of the molecule is CSC(C)CCn1c(C(C)Cl)nc2cc(Cl)c(Cl)cc21. The molecule has 0 saturated carbocycles. The summed E-state index contributed by atoms with van der Waals surface area (Å²) in [6.45, 7) is 5.03. The Balaban J connectivity index is 2.47. The highest BCUT2D eigenvalue weighted by molar-refractivity contribution is 7.99. The number of thioether (sulfide) groups is 1. The molecule has 0 bridgehead atoms. The summed E-state index contributed by atoms with van der Waals surface area (Å²) >= 11 is 20.3. The third kappa shape index (κ3) is 3.38. The Labute approximate surface area is 138 Å². The summed E-state index contributed by atoms with van der Waals surface area (Å²) in [7, 11) is 0. The predicted molar refractivity (Wildman–Crippen MR) is 91.6 cm³/mol. The fraction of sp³-hybridized carbons (Fsp3) is 0.500. The summed E-state index contributed by atoms with van der Waals surface area (Å²) in [6.07, 6.45) is 3.18. The molecule has 1 aromatic heterocycles. The third-order valence-electron chi connectivity index (χ3n) is 3.34. The lowest BCUT2D eigenvalue weighted by atomic mass is 10.3. The first-order valence-corrected chi connectivity index (χ1v) is 8.94. The molecule has 2 unspecified atom stereocenters. The van der Waals surface area contributed by atoms with E-state index in [1.54, 1.807) is 6.07 Å². The summed E-state index contributed by atoms with van der Waals surface area (Å²) in [5, 5.41) is 1.51. The first-order chi connectivity index (χ1) is 9.43. The Hall–Kier alpha value is -0.0900. The fourth-order valence-corrected chi connectivity index (χ4v) is 2.93. The van der Waals surface area contributed by atoms with Crippen LogP contribution < -0.4 is 0 Å². The van der Waals surface area contributed by atoms with Crippen molar-refractivity contribution < 1.29 is 0 Å². The molecule has 0 aliphatic heterocycles. The summed E-state index contributed by atoms with van der Waals surface area (Å²) in [5.74, 6) is 0.869. The van der Waals surface area contributed by atoms with Crippen LogP contribution in [0.2, 0.25) is 10.0 Å². The number of hydrogen-bond acceptors (Lipinski definition) is 2. The van der Waals surface area contributed by atoms with Gasteiger partial charge in [0.05, 0.1) is 26.5 Å². The number of halogens is 3. The summed E-state index contributed by atoms with van der Waals surface area (Å²) in [6, 6.07) is 3.68. The lowest BCUT2D eigenvalue weighted by Crippen LogP contribution is -2.08. The molecule has 110 valence electrons. The summed E-state index contributed by atoms with van der Waals surface area (Å²) < 4.78 is 2.15. The number of alkyl halides is 1. The number of benzene rings is 1. The van der Waals surface area contributed by atoms with E-state index < -0.39 is 0 Å². The quantitative estimate of drug-likeness (QED) is 0.635. The van der Waals surface area contributed by atoms with E-state index in [1.165, 1.54) is 0 Å². The second-order valence-corrected chi connectivity index (χ2v) is 7.57. The van der Waals surface area contributed by atoms with Gasteiger partial charge in [0, 0.05) is 11.8 Å². The second kappa shape index (κ2) is 6.78. The van der Waals surface area contributed by atoms with E-state index in [2.05, 4.69) is 22.7 Å². The van der Waals surface area contributed by atoms with Crippen LogP contribution in [0.1, 0.15) is 31.5 Å². The van der Waals surface area contributed by atoms with Gasteiger partial charge in [0.2, 0.25) is 0 Å². The molecule has 0 spiro atoms. The zero-order valence-electron chi connectivity index (χ0n) is 11.7. The Bertz CT molecular complexity index is 610. The molecule has 20 heavy (non-hydrogen) atoms. The van der Waals surface area contributed by atoms with Crippen molar-refractivity contribution >= 4 is 57.6 Å². The molecular weight excluding hydrogens is 335 g/mol. The molecule has 2 aromatic rings. The van der Waals surface area contributed by atoms with Crippen LogP contribution in [-0.4, -0.2) is 21.1 Å². The van der Waals surface area contributed by atoms with E-state index in [1.807, 2.05) is 24.8 Å². The Morgan fingerprint density at radius 3 is 2.50 bits per heavy atom. The first-order valence-electron chi connectivity index (χ1n) is 6.46. The smallest absolute Gasteiger partial charge is 0.127 e. The zero-order valence-corrected chi connectivity index (χ0v) is 14.7. The van der Waals surface area contributed by atoms with Gasteiger partial charge in [-0.15, -0.1) is 11.6 Å². The topological polar surface area (TPSA) is 17.8 Å². The standard InChI is InChI=1S/C14H17Cl3N2S/c1-8(20-3)4-5-19-13-7-11(17)10(16)6-12(13)18-14(19)9(2)15/h6-9H,4-5H2,1-3H3. The Morgan fingerprint density at radius 2 is 1.90 bits per heavy atom. The van der Waals surface area contributed by atoms with Crippen LogP contribution >= 0.6 is 46.6 Å². The summed E-state index contributed by atoms with van der Waals surface area (Å²) in [4.78, 5) is 4.60. The molecule has 0 saturated heterocycles. The molecule has 0 N–H and O–H groups in total. The Morgan fingerprint density at radius 1 is 1.25 bits per heavy atom. The van der Waals surface area contributed by atoms with Crippen LogP contribution in [0, 0.1) is 0 Å². The number of aryl methyl sites for hydroxylation is 1. The maximum atomic E-state index is 6.25. The molecule has 6 heteroatoms. The summed E-state index contributed by atoms with van der Waals surface area (Å²) in [5.41, 5.74) is 1.84. The van der Waals surface area contributed by atoms with Crippen molar-refractivity contribution in [2.75, 3.05) is 6.26 Å². The first kappa shape index (κ1) is 16.3. The number of fused-ring (bicyclic) bond motifs is 1. The molecule has 2 nitrogen and oxygen atoms in total. The van der Waals surface area contributed by atoms with Crippen LogP contribution in [0.25, 0.3) is 11.0 Å². The number of hydrogen-bond donors (Lipinski definition) is 0. The second-order valence-electron chi connectivity index (χ2n) is 4.83. The van der Waals surface area contributed by atoms with Gasteiger partial charge >= 0.3 is 0 Å². The van der Waals surface area contributed by atoms with Crippen molar-refractivity contribution in [2.24, 2.45) is 0 Å². The van der Waals surface area contributed by atoms with Gasteiger partial charge in [-0.3, -0.25) is 0 Å². The number of nitrogens with zero attached hydrogens (tertiary/aromatic N) is 2. The maximum absolute atomic E-state index is 6.25. The molecule has 0 aliphatic carbocycles. The van der Waals surface area contributed by atoms with Gasteiger partial charge in [-0.1, -0.05) is 30.1 Å². The predicted octanol–water partition coefficient (Wildman–Crippen LogP) is 5.78. The van der Waals surface area contributed by atoms with Crippen LogP contribution in [0.4, 0.5) is 0 Å². The molecule has 0 fully saturated rings. The lowest BCUT2D eigenvalue weighted by molar-refractivity contribution is 0.623. The molecule has 0 radical (unpaired) electrons. The molecule has 2 rings (SSSR count). The van der Waals surface area contributed by atoms with E-state index in [-0.39, 0.29) is 5.38 Å². The average Bonchev–Trinajstić information content (AvgIpc) is 2.74. The normalized spacial score (nSPS) is 14.7. The lowest BCUT2D eigenvalue weighted by Gasteiger charge is -2.13. The van der Waals surface area contributed by atoms with Crippen molar-refractivity contribution in [3.8, 4) is 0 Å². The van der Waals surface area contributed by atoms with Crippen molar-refractivity contribution in [1.29, 1.82) is 0 Å². The minimum absolute atomic E-state index is 0.149. The van der Waals surface area contributed by atoms with Crippen molar-refractivity contribution in [3.63, 3.8) is 0 Å². The van der Waals surface area contributed by atoms with Gasteiger partial charge < -0.3 is 4.57 Å². The molecular formula is C14H17Cl3N2S. The highest BCUT2D eigenvalue weighted by Crippen LogP contribution is 2.31. The molecule has 1 aromatic carbocycles. The van der Waals surface area contributed by atoms with Crippen molar-refractivity contribution in [2.45, 2.75) is 37.4 Å². The third-order valence-corrected chi connectivity index (χ3v) is 5.29. The highest BCUT2D eigenvalue weighted by atomic mass is 35.5. The van der Waals surface area contributed by atoms with E-state index in [9.17, 15) is 0 Å². The van der Waals surface area contributed by atoms with Gasteiger partial charge in [-0.2, -0.15) is 11.8 Å². The molecule has 0 aliphatic rings. The van der Waals surface area contributed by atoms with Crippen molar-refractivity contribution in [1.82, 2.24) is 9.55 Å². The van der Waals surface area contributed by atoms with Gasteiger partial charge in [-0.25, -0.2) is 4.98 Å². The van der Waals surface area contributed by atoms with Crippen LogP contribution in [0.3, 0.4) is 0 Å². The van der Waals surface area contributed by atoms with E-state index in [0.29, 0.717) is 15.3 Å².